The van der Waals surface area contributed by atoms with E-state index < -0.39 is 0 Å². The topological polar surface area (TPSA) is 28.1 Å². The molecule has 0 aliphatic carbocycles. The number of benzene rings is 3. The molecule has 1 N–H and O–H groups in total. The molecule has 0 aliphatic heterocycles. The molecule has 0 saturated carbocycles. The van der Waals surface area contributed by atoms with E-state index in [0.29, 0.717) is 0 Å². The van der Waals surface area contributed by atoms with Crippen LogP contribution in [0.15, 0.2) is 71.9 Å². The minimum Gasteiger partial charge on any atom is -0.360 e. The molecule has 4 aromatic rings. The highest BCUT2D eigenvalue weighted by Crippen LogP contribution is 2.27. The third-order valence-electron chi connectivity index (χ3n) is 3.78. The van der Waals surface area contributed by atoms with Gasteiger partial charge in [0, 0.05) is 33.9 Å². The van der Waals surface area contributed by atoms with E-state index in [4.69, 9.17) is 11.6 Å². The number of aromatic amines is 1. The first-order valence-electron chi connectivity index (χ1n) is 7.10. The van der Waals surface area contributed by atoms with Crippen LogP contribution in [-0.4, -0.2) is 11.2 Å². The minimum atomic E-state index is 0.719. The summed E-state index contributed by atoms with van der Waals surface area (Å²) in [6.45, 7) is 0. The van der Waals surface area contributed by atoms with Crippen LogP contribution in [0.2, 0.25) is 5.02 Å². The second-order valence-corrected chi connectivity index (χ2v) is 5.62. The summed E-state index contributed by atoms with van der Waals surface area (Å²) in [5.74, 6) is 0. The van der Waals surface area contributed by atoms with Crippen molar-refractivity contribution in [1.29, 1.82) is 0 Å². The van der Waals surface area contributed by atoms with E-state index in [1.807, 2.05) is 36.7 Å². The van der Waals surface area contributed by atoms with E-state index in [2.05, 4.69) is 46.4 Å². The molecule has 0 aliphatic rings. The predicted octanol–water partition coefficient (Wildman–Crippen LogP) is 5.73. The predicted molar refractivity (Wildman–Crippen MR) is 94.5 cm³/mol. The van der Waals surface area contributed by atoms with Gasteiger partial charge in [-0.05, 0) is 41.1 Å². The lowest BCUT2D eigenvalue weighted by Crippen LogP contribution is -1.80. The molecule has 0 saturated heterocycles. The van der Waals surface area contributed by atoms with Crippen LogP contribution in [0, 0.1) is 0 Å². The number of hydrogen-bond acceptors (Lipinski definition) is 1. The molecule has 4 rings (SSSR count). The van der Waals surface area contributed by atoms with Gasteiger partial charge in [-0.2, -0.15) is 0 Å². The molecule has 0 unspecified atom stereocenters. The van der Waals surface area contributed by atoms with Crippen LogP contribution in [-0.2, 0) is 0 Å². The monoisotopic (exact) mass is 304 g/mol. The first-order chi connectivity index (χ1) is 10.8. The molecule has 1 heterocycles. The average Bonchev–Trinajstić information content (AvgIpc) is 2.98. The van der Waals surface area contributed by atoms with Crippen molar-refractivity contribution in [2.75, 3.05) is 0 Å². The van der Waals surface area contributed by atoms with Crippen molar-refractivity contribution in [3.05, 3.63) is 77.4 Å². The van der Waals surface area contributed by atoms with Crippen LogP contribution >= 0.6 is 11.6 Å². The number of aromatic nitrogens is 1. The van der Waals surface area contributed by atoms with Gasteiger partial charge in [-0.15, -0.1) is 0 Å². The molecule has 3 aromatic carbocycles. The summed E-state index contributed by atoms with van der Waals surface area (Å²) in [6.07, 6.45) is 3.89. The van der Waals surface area contributed by atoms with Gasteiger partial charge in [-0.25, -0.2) is 0 Å². The molecule has 1 aromatic heterocycles. The second-order valence-electron chi connectivity index (χ2n) is 5.19. The van der Waals surface area contributed by atoms with E-state index in [1.54, 1.807) is 0 Å². The zero-order valence-electron chi connectivity index (χ0n) is 11.8. The Morgan fingerprint density at radius 1 is 0.909 bits per heavy atom. The Labute approximate surface area is 133 Å². The van der Waals surface area contributed by atoms with Gasteiger partial charge < -0.3 is 4.98 Å². The van der Waals surface area contributed by atoms with Crippen molar-refractivity contribution in [2.24, 2.45) is 4.99 Å². The summed E-state index contributed by atoms with van der Waals surface area (Å²) in [6, 6.07) is 20.1. The van der Waals surface area contributed by atoms with Crippen LogP contribution in [0.25, 0.3) is 21.7 Å². The molecule has 0 fully saturated rings. The van der Waals surface area contributed by atoms with Crippen LogP contribution in [0.3, 0.4) is 0 Å². The van der Waals surface area contributed by atoms with Crippen LogP contribution in [0.5, 0.6) is 0 Å². The molecule has 22 heavy (non-hydrogen) atoms. The van der Waals surface area contributed by atoms with Crippen LogP contribution in [0.4, 0.5) is 5.69 Å². The number of hydrogen-bond donors (Lipinski definition) is 1. The first kappa shape index (κ1) is 13.1. The Balaban J connectivity index is 1.85. The van der Waals surface area contributed by atoms with Crippen molar-refractivity contribution < 1.29 is 0 Å². The van der Waals surface area contributed by atoms with E-state index >= 15 is 0 Å². The quantitative estimate of drug-likeness (QED) is 0.458. The molecular formula is C19H13ClN2. The summed E-state index contributed by atoms with van der Waals surface area (Å²) < 4.78 is 0. The van der Waals surface area contributed by atoms with Gasteiger partial charge in [0.1, 0.15) is 0 Å². The normalized spacial score (nSPS) is 11.7. The largest absolute Gasteiger partial charge is 0.360 e. The van der Waals surface area contributed by atoms with E-state index in [1.165, 1.54) is 16.2 Å². The molecule has 0 amide bonds. The van der Waals surface area contributed by atoms with Gasteiger partial charge in [0.25, 0.3) is 0 Å². The highest BCUT2D eigenvalue weighted by Gasteiger charge is 2.05. The molecule has 0 bridgehead atoms. The first-order valence-corrected chi connectivity index (χ1v) is 7.47. The number of nitrogens with zero attached hydrogens (tertiary/aromatic N) is 1. The molecule has 3 heteroatoms. The Morgan fingerprint density at radius 2 is 1.73 bits per heavy atom. The fraction of sp³-hybridized carbons (Fsp3) is 0. The number of nitrogens with one attached hydrogen (secondary N) is 1. The summed E-state index contributed by atoms with van der Waals surface area (Å²) in [7, 11) is 0. The zero-order valence-corrected chi connectivity index (χ0v) is 12.5. The number of fused-ring (bicyclic) bond motifs is 3. The number of H-pyrrole nitrogens is 1. The molecule has 2 nitrogen and oxygen atoms in total. The number of aliphatic imine (C=N–C) groups is 1. The molecule has 106 valence electrons. The third kappa shape index (κ3) is 2.28. The minimum absolute atomic E-state index is 0.719. The number of halogens is 1. The van der Waals surface area contributed by atoms with Gasteiger partial charge in [0.2, 0.25) is 0 Å². The van der Waals surface area contributed by atoms with Gasteiger partial charge in [0.05, 0.1) is 5.69 Å². The van der Waals surface area contributed by atoms with Crippen molar-refractivity contribution in [3.63, 3.8) is 0 Å². The van der Waals surface area contributed by atoms with Crippen molar-refractivity contribution in [2.45, 2.75) is 0 Å². The average molecular weight is 305 g/mol. The number of rotatable bonds is 2. The van der Waals surface area contributed by atoms with Gasteiger partial charge in [-0.3, -0.25) is 4.99 Å². The van der Waals surface area contributed by atoms with Gasteiger partial charge in [0.15, 0.2) is 0 Å². The van der Waals surface area contributed by atoms with E-state index in [9.17, 15) is 0 Å². The van der Waals surface area contributed by atoms with Gasteiger partial charge >= 0.3 is 0 Å². The fourth-order valence-electron chi connectivity index (χ4n) is 2.70. The lowest BCUT2D eigenvalue weighted by Gasteiger charge is -2.00. The van der Waals surface area contributed by atoms with Gasteiger partial charge in [-0.1, -0.05) is 41.9 Å². The highest BCUT2D eigenvalue weighted by atomic mass is 35.5. The Kier molecular flexibility index (Phi) is 3.17. The smallest absolute Gasteiger partial charge is 0.0630 e. The van der Waals surface area contributed by atoms with E-state index in [-0.39, 0.29) is 0 Å². The van der Waals surface area contributed by atoms with Crippen LogP contribution < -0.4 is 0 Å². The Bertz CT molecular complexity index is 981. The Morgan fingerprint density at radius 3 is 2.59 bits per heavy atom. The molecule has 0 spiro atoms. The maximum atomic E-state index is 5.90. The Hall–Kier alpha value is -2.58. The van der Waals surface area contributed by atoms with Crippen molar-refractivity contribution >= 4 is 45.2 Å². The standard InChI is InChI=1S/C19H13ClN2/c20-15-6-8-16(9-7-15)21-11-14-12-22-18-10-5-13-3-1-2-4-17(13)19(14)18/h1-12,22H. The lowest BCUT2D eigenvalue weighted by atomic mass is 10.0. The lowest BCUT2D eigenvalue weighted by molar-refractivity contribution is 1.47. The SMILES string of the molecule is Clc1ccc(N=Cc2c[nH]c3ccc4ccccc4c23)cc1. The second kappa shape index (κ2) is 5.32. The van der Waals surface area contributed by atoms with Crippen molar-refractivity contribution in [1.82, 2.24) is 4.98 Å². The summed E-state index contributed by atoms with van der Waals surface area (Å²) in [4.78, 5) is 7.86. The van der Waals surface area contributed by atoms with Crippen molar-refractivity contribution in [3.8, 4) is 0 Å². The fourth-order valence-corrected chi connectivity index (χ4v) is 2.83. The molecular weight excluding hydrogens is 292 g/mol. The maximum absolute atomic E-state index is 5.90. The zero-order chi connectivity index (χ0) is 14.9. The summed E-state index contributed by atoms with van der Waals surface area (Å²) in [5, 5.41) is 4.39. The summed E-state index contributed by atoms with van der Waals surface area (Å²) >= 11 is 5.90. The molecule has 0 atom stereocenters. The van der Waals surface area contributed by atoms with E-state index in [0.717, 1.165) is 21.8 Å². The maximum Gasteiger partial charge on any atom is 0.0630 e. The van der Waals surface area contributed by atoms with Crippen LogP contribution in [0.1, 0.15) is 5.56 Å². The third-order valence-corrected chi connectivity index (χ3v) is 4.03. The summed E-state index contributed by atoms with van der Waals surface area (Å²) in [5.41, 5.74) is 3.09. The highest BCUT2D eigenvalue weighted by molar-refractivity contribution is 6.30. The molecule has 0 radical (unpaired) electrons.